The highest BCUT2D eigenvalue weighted by atomic mass is 32.2. The number of amides is 2. The molecule has 20 heavy (non-hydrogen) atoms. The highest BCUT2D eigenvalue weighted by Gasteiger charge is 2.28. The number of halogens is 3. The normalized spacial score (nSPS) is 20.3. The number of hydrogen-bond acceptors (Lipinski definition) is 3. The molecule has 4 nitrogen and oxygen atoms in total. The number of thioether (sulfide) groups is 1. The van der Waals surface area contributed by atoms with Gasteiger partial charge in [-0.25, -0.2) is 4.79 Å². The number of rotatable bonds is 5. The van der Waals surface area contributed by atoms with Gasteiger partial charge in [-0.15, -0.1) is 0 Å². The van der Waals surface area contributed by atoms with Gasteiger partial charge in [0, 0.05) is 30.6 Å². The van der Waals surface area contributed by atoms with Gasteiger partial charge >= 0.3 is 12.2 Å². The fourth-order valence-electron chi connectivity index (χ4n) is 1.79. The second-order valence-corrected chi connectivity index (χ2v) is 6.35. The molecule has 1 rings (SSSR count). The van der Waals surface area contributed by atoms with Gasteiger partial charge in [0.05, 0.1) is 6.61 Å². The second kappa shape index (κ2) is 7.97. The first kappa shape index (κ1) is 17.4. The lowest BCUT2D eigenvalue weighted by molar-refractivity contribution is -0.173. The lowest BCUT2D eigenvalue weighted by atomic mass is 10.1. The van der Waals surface area contributed by atoms with Gasteiger partial charge in [-0.05, 0) is 5.92 Å². The molecule has 0 bridgehead atoms. The molecule has 1 aliphatic rings. The molecule has 0 saturated carbocycles. The summed E-state index contributed by atoms with van der Waals surface area (Å²) in [7, 11) is 0. The van der Waals surface area contributed by atoms with Crippen LogP contribution >= 0.6 is 11.8 Å². The van der Waals surface area contributed by atoms with Crippen LogP contribution in [0.5, 0.6) is 0 Å². The van der Waals surface area contributed by atoms with Crippen LogP contribution in [0.25, 0.3) is 0 Å². The Balaban J connectivity index is 2.19. The van der Waals surface area contributed by atoms with E-state index >= 15 is 0 Å². The zero-order valence-electron chi connectivity index (χ0n) is 11.7. The van der Waals surface area contributed by atoms with Crippen LogP contribution in [0.3, 0.4) is 0 Å². The zero-order valence-corrected chi connectivity index (χ0v) is 12.5. The molecule has 1 N–H and O–H groups in total. The number of alkyl halides is 3. The molecule has 118 valence electrons. The van der Waals surface area contributed by atoms with Gasteiger partial charge in [0.15, 0.2) is 0 Å². The predicted molar refractivity (Wildman–Crippen MR) is 72.9 cm³/mol. The van der Waals surface area contributed by atoms with Crippen molar-refractivity contribution in [1.82, 2.24) is 10.2 Å². The van der Waals surface area contributed by atoms with E-state index in [4.69, 9.17) is 0 Å². The van der Waals surface area contributed by atoms with Crippen LogP contribution in [0, 0.1) is 5.92 Å². The molecule has 0 radical (unpaired) electrons. The molecule has 8 heteroatoms. The molecule has 1 saturated heterocycles. The van der Waals surface area contributed by atoms with E-state index in [1.165, 1.54) is 0 Å². The first-order chi connectivity index (χ1) is 9.29. The molecule has 2 amide bonds. The molecular formula is C12H21F3N2O2S. The molecule has 0 aromatic carbocycles. The van der Waals surface area contributed by atoms with Crippen molar-refractivity contribution in [2.75, 3.05) is 38.6 Å². The number of urea groups is 1. The largest absolute Gasteiger partial charge is 0.411 e. The smallest absolute Gasteiger partial charge is 0.370 e. The van der Waals surface area contributed by atoms with Crippen LogP contribution in [0.1, 0.15) is 13.8 Å². The highest BCUT2D eigenvalue weighted by Crippen LogP contribution is 2.24. The van der Waals surface area contributed by atoms with Crippen molar-refractivity contribution >= 4 is 17.8 Å². The predicted octanol–water partition coefficient (Wildman–Crippen LogP) is 2.35. The van der Waals surface area contributed by atoms with E-state index in [0.717, 1.165) is 5.75 Å². The molecule has 0 aromatic heterocycles. The van der Waals surface area contributed by atoms with Crippen LogP contribution < -0.4 is 5.32 Å². The van der Waals surface area contributed by atoms with Crippen molar-refractivity contribution in [2.24, 2.45) is 5.92 Å². The van der Waals surface area contributed by atoms with Crippen LogP contribution in [0.15, 0.2) is 0 Å². The zero-order chi connectivity index (χ0) is 15.2. The quantitative estimate of drug-likeness (QED) is 0.792. The topological polar surface area (TPSA) is 41.6 Å². The van der Waals surface area contributed by atoms with Crippen molar-refractivity contribution in [2.45, 2.75) is 25.3 Å². The van der Waals surface area contributed by atoms with Crippen molar-refractivity contribution < 1.29 is 22.7 Å². The lowest BCUT2D eigenvalue weighted by Gasteiger charge is -2.34. The Morgan fingerprint density at radius 1 is 1.50 bits per heavy atom. The molecule has 1 aliphatic heterocycles. The molecule has 1 atom stereocenters. The summed E-state index contributed by atoms with van der Waals surface area (Å²) < 4.78 is 39.9. The molecule has 1 heterocycles. The van der Waals surface area contributed by atoms with E-state index in [9.17, 15) is 18.0 Å². The number of hydrogen-bond donors (Lipinski definition) is 1. The van der Waals surface area contributed by atoms with Crippen molar-refractivity contribution in [3.05, 3.63) is 0 Å². The summed E-state index contributed by atoms with van der Waals surface area (Å²) in [6, 6.07) is -0.230. The van der Waals surface area contributed by atoms with Crippen molar-refractivity contribution in [3.63, 3.8) is 0 Å². The Hall–Kier alpha value is -0.630. The average molecular weight is 314 g/mol. The number of carbonyl (C=O) groups is 1. The van der Waals surface area contributed by atoms with Gasteiger partial charge in [0.25, 0.3) is 0 Å². The van der Waals surface area contributed by atoms with Crippen LogP contribution in [-0.4, -0.2) is 61.0 Å². The van der Waals surface area contributed by atoms with Crippen LogP contribution in [0.2, 0.25) is 0 Å². The fraction of sp³-hybridized carbons (Fsp3) is 0.917. The molecular weight excluding hydrogens is 293 g/mol. The second-order valence-electron chi connectivity index (χ2n) is 5.00. The monoisotopic (exact) mass is 314 g/mol. The number of ether oxygens (including phenoxy) is 1. The van der Waals surface area contributed by atoms with Gasteiger partial charge in [-0.3, -0.25) is 0 Å². The van der Waals surface area contributed by atoms with E-state index in [-0.39, 0.29) is 19.2 Å². The Kier molecular flexibility index (Phi) is 6.94. The number of nitrogens with zero attached hydrogens (tertiary/aromatic N) is 1. The van der Waals surface area contributed by atoms with Crippen molar-refractivity contribution in [1.29, 1.82) is 0 Å². The first-order valence-electron chi connectivity index (χ1n) is 6.58. The lowest BCUT2D eigenvalue weighted by Crippen LogP contribution is -2.48. The summed E-state index contributed by atoms with van der Waals surface area (Å²) in [5.41, 5.74) is 0. The Morgan fingerprint density at radius 2 is 2.20 bits per heavy atom. The van der Waals surface area contributed by atoms with E-state index in [0.29, 0.717) is 24.3 Å². The number of carbonyl (C=O) groups excluding carboxylic acids is 1. The maximum absolute atomic E-state index is 11.9. The summed E-state index contributed by atoms with van der Waals surface area (Å²) in [5.74, 6) is 1.38. The molecule has 0 aromatic rings. The Morgan fingerprint density at radius 3 is 2.80 bits per heavy atom. The molecule has 0 aliphatic carbocycles. The van der Waals surface area contributed by atoms with Crippen molar-refractivity contribution in [3.8, 4) is 0 Å². The maximum atomic E-state index is 11.9. The summed E-state index contributed by atoms with van der Waals surface area (Å²) in [5, 5.41) is 3.00. The van der Waals surface area contributed by atoms with Gasteiger partial charge in [0.1, 0.15) is 6.61 Å². The number of nitrogens with one attached hydrogen (secondary N) is 1. The SMILES string of the molecule is CC(C)[C@H]1CN(C(=O)NCCOCC(F)(F)F)CCS1. The summed E-state index contributed by atoms with van der Waals surface area (Å²) in [4.78, 5) is 13.6. The summed E-state index contributed by atoms with van der Waals surface area (Å²) >= 11 is 1.86. The average Bonchev–Trinajstić information content (AvgIpc) is 2.37. The van der Waals surface area contributed by atoms with Crippen LogP contribution in [-0.2, 0) is 4.74 Å². The van der Waals surface area contributed by atoms with Gasteiger partial charge < -0.3 is 15.0 Å². The van der Waals surface area contributed by atoms with Gasteiger partial charge in [-0.2, -0.15) is 24.9 Å². The highest BCUT2D eigenvalue weighted by molar-refractivity contribution is 8.00. The summed E-state index contributed by atoms with van der Waals surface area (Å²) in [6.07, 6.45) is -4.32. The van der Waals surface area contributed by atoms with E-state index in [1.807, 2.05) is 11.8 Å². The third-order valence-corrected chi connectivity index (χ3v) is 4.45. The molecule has 0 unspecified atom stereocenters. The van der Waals surface area contributed by atoms with Crippen LogP contribution in [0.4, 0.5) is 18.0 Å². The Bertz CT molecular complexity index is 314. The van der Waals surface area contributed by atoms with E-state index in [1.54, 1.807) is 4.90 Å². The fourth-order valence-corrected chi connectivity index (χ4v) is 3.09. The molecule has 1 fully saturated rings. The minimum Gasteiger partial charge on any atom is -0.370 e. The molecule has 0 spiro atoms. The first-order valence-corrected chi connectivity index (χ1v) is 7.63. The van der Waals surface area contributed by atoms with E-state index < -0.39 is 12.8 Å². The summed E-state index contributed by atoms with van der Waals surface area (Å²) in [6.45, 7) is 4.25. The Labute approximate surface area is 121 Å². The maximum Gasteiger partial charge on any atom is 0.411 e. The van der Waals surface area contributed by atoms with Gasteiger partial charge in [-0.1, -0.05) is 13.8 Å². The van der Waals surface area contributed by atoms with Gasteiger partial charge in [0.2, 0.25) is 0 Å². The minimum atomic E-state index is -4.32. The van der Waals surface area contributed by atoms with E-state index in [2.05, 4.69) is 23.9 Å². The third-order valence-electron chi connectivity index (χ3n) is 2.91. The standard InChI is InChI=1S/C12H21F3N2O2S/c1-9(2)10-7-17(4-6-20-10)11(18)16-3-5-19-8-12(13,14)15/h9-10H,3-8H2,1-2H3,(H,16,18)/t10-/m1/s1. The minimum absolute atomic E-state index is 0.0882. The third kappa shape index (κ3) is 6.69.